The van der Waals surface area contributed by atoms with Crippen LogP contribution in [0.1, 0.15) is 53.9 Å². The van der Waals surface area contributed by atoms with Gasteiger partial charge >= 0.3 is 17.9 Å². The second-order valence-corrected chi connectivity index (χ2v) is 7.18. The second kappa shape index (κ2) is 7.45. The molecule has 0 aromatic rings. The lowest BCUT2D eigenvalue weighted by atomic mass is 9.72. The number of rotatable bonds is 4. The van der Waals surface area contributed by atoms with Crippen LogP contribution >= 0.6 is 0 Å². The van der Waals surface area contributed by atoms with Crippen molar-refractivity contribution in [3.63, 3.8) is 0 Å². The van der Waals surface area contributed by atoms with Crippen LogP contribution in [0.5, 0.6) is 0 Å². The summed E-state index contributed by atoms with van der Waals surface area (Å²) < 4.78 is 21.4. The average molecular weight is 354 g/mol. The predicted octanol–water partition coefficient (Wildman–Crippen LogP) is 2.68. The fraction of sp³-hybridized carbons (Fsp3) is 0.722. The SMILES string of the molecule is CC(=O)OC(OC(C)=O)C1=CO[C@]2(CC(C)CCC2C(C)C)OC1=O. The summed E-state index contributed by atoms with van der Waals surface area (Å²) in [5.74, 6) is -2.41. The number of carbonyl (C=O) groups excluding carboxylic acids is 3. The number of hydrogen-bond donors (Lipinski definition) is 0. The van der Waals surface area contributed by atoms with Crippen LogP contribution in [0.2, 0.25) is 0 Å². The first-order valence-electron chi connectivity index (χ1n) is 8.60. The van der Waals surface area contributed by atoms with Crippen LogP contribution < -0.4 is 0 Å². The van der Waals surface area contributed by atoms with Crippen molar-refractivity contribution in [2.45, 2.75) is 66.0 Å². The quantitative estimate of drug-likeness (QED) is 0.566. The molecule has 3 atom stereocenters. The first-order valence-corrected chi connectivity index (χ1v) is 8.60. The van der Waals surface area contributed by atoms with E-state index in [1.807, 2.05) is 0 Å². The highest BCUT2D eigenvalue weighted by Gasteiger charge is 2.52. The highest BCUT2D eigenvalue weighted by Crippen LogP contribution is 2.46. The van der Waals surface area contributed by atoms with Crippen molar-refractivity contribution in [1.29, 1.82) is 0 Å². The van der Waals surface area contributed by atoms with Crippen LogP contribution in [0, 0.1) is 17.8 Å². The second-order valence-electron chi connectivity index (χ2n) is 7.18. The molecule has 1 aliphatic heterocycles. The predicted molar refractivity (Wildman–Crippen MR) is 86.7 cm³/mol. The molecule has 2 unspecified atom stereocenters. The van der Waals surface area contributed by atoms with E-state index in [2.05, 4.69) is 20.8 Å². The summed E-state index contributed by atoms with van der Waals surface area (Å²) >= 11 is 0. The van der Waals surface area contributed by atoms with Gasteiger partial charge in [0.25, 0.3) is 12.1 Å². The molecular formula is C18H26O7. The minimum absolute atomic E-state index is 0.0614. The van der Waals surface area contributed by atoms with Gasteiger partial charge in [0.05, 0.1) is 0 Å². The molecule has 0 N–H and O–H groups in total. The lowest BCUT2D eigenvalue weighted by Gasteiger charge is -2.47. The van der Waals surface area contributed by atoms with E-state index in [1.165, 1.54) is 6.26 Å². The third-order valence-electron chi connectivity index (χ3n) is 4.66. The first kappa shape index (κ1) is 19.3. The average Bonchev–Trinajstić information content (AvgIpc) is 2.45. The van der Waals surface area contributed by atoms with Crippen LogP contribution in [0.15, 0.2) is 11.8 Å². The fourth-order valence-corrected chi connectivity index (χ4v) is 3.57. The largest absolute Gasteiger partial charge is 0.459 e. The van der Waals surface area contributed by atoms with E-state index in [4.69, 9.17) is 18.9 Å². The van der Waals surface area contributed by atoms with Gasteiger partial charge in [-0.1, -0.05) is 20.8 Å². The summed E-state index contributed by atoms with van der Waals surface area (Å²) in [5.41, 5.74) is -0.142. The van der Waals surface area contributed by atoms with Crippen molar-refractivity contribution in [3.8, 4) is 0 Å². The molecule has 1 saturated carbocycles. The molecule has 1 heterocycles. The normalized spacial score (nSPS) is 29.1. The smallest absolute Gasteiger partial charge is 0.348 e. The van der Waals surface area contributed by atoms with Crippen LogP contribution in [0.4, 0.5) is 0 Å². The monoisotopic (exact) mass is 354 g/mol. The van der Waals surface area contributed by atoms with Crippen LogP contribution in [-0.2, 0) is 33.3 Å². The summed E-state index contributed by atoms with van der Waals surface area (Å²) in [5, 5.41) is 0. The van der Waals surface area contributed by atoms with Gasteiger partial charge in [0.15, 0.2) is 5.57 Å². The highest BCUT2D eigenvalue weighted by molar-refractivity contribution is 5.90. The summed E-state index contributed by atoms with van der Waals surface area (Å²) in [6, 6.07) is 0. The van der Waals surface area contributed by atoms with E-state index < -0.39 is 30.0 Å². The van der Waals surface area contributed by atoms with E-state index >= 15 is 0 Å². The summed E-state index contributed by atoms with van der Waals surface area (Å²) in [6.07, 6.45) is 2.28. The zero-order valence-electron chi connectivity index (χ0n) is 15.4. The maximum absolute atomic E-state index is 12.6. The molecule has 0 radical (unpaired) electrons. The Morgan fingerprint density at radius 3 is 2.28 bits per heavy atom. The highest BCUT2D eigenvalue weighted by atomic mass is 16.7. The number of carbonyl (C=O) groups is 3. The summed E-state index contributed by atoms with van der Waals surface area (Å²) in [4.78, 5) is 35.1. The van der Waals surface area contributed by atoms with Crippen molar-refractivity contribution < 1.29 is 33.3 Å². The van der Waals surface area contributed by atoms with Gasteiger partial charge in [-0.15, -0.1) is 0 Å². The van der Waals surface area contributed by atoms with Gasteiger partial charge < -0.3 is 18.9 Å². The molecule has 7 nitrogen and oxygen atoms in total. The molecule has 2 aliphatic rings. The molecule has 25 heavy (non-hydrogen) atoms. The molecule has 0 bridgehead atoms. The van der Waals surface area contributed by atoms with Crippen LogP contribution in [0.25, 0.3) is 0 Å². The van der Waals surface area contributed by atoms with Gasteiger partial charge in [-0.2, -0.15) is 0 Å². The number of ether oxygens (including phenoxy) is 4. The van der Waals surface area contributed by atoms with Gasteiger partial charge in [0.1, 0.15) is 6.26 Å². The molecule has 0 aromatic heterocycles. The van der Waals surface area contributed by atoms with E-state index in [-0.39, 0.29) is 17.4 Å². The molecule has 1 fully saturated rings. The van der Waals surface area contributed by atoms with Crippen LogP contribution in [0.3, 0.4) is 0 Å². The molecule has 140 valence electrons. The fourth-order valence-electron chi connectivity index (χ4n) is 3.57. The summed E-state index contributed by atoms with van der Waals surface area (Å²) in [6.45, 7) is 8.55. The molecule has 7 heteroatoms. The standard InChI is InChI=1S/C18H26O7/c1-10(2)15-7-6-11(3)8-18(15)22-9-14(16(21)25-18)17(23-12(4)19)24-13(5)20/h9-11,15,17H,6-8H2,1-5H3/t11?,15?,18-/m1/s1. The van der Waals surface area contributed by atoms with Crippen molar-refractivity contribution >= 4 is 17.9 Å². The Hall–Kier alpha value is -2.05. The maximum Gasteiger partial charge on any atom is 0.348 e. The van der Waals surface area contributed by atoms with Gasteiger partial charge in [-0.3, -0.25) is 9.59 Å². The Morgan fingerprint density at radius 1 is 1.20 bits per heavy atom. The van der Waals surface area contributed by atoms with Crippen molar-refractivity contribution in [3.05, 3.63) is 11.8 Å². The molecule has 0 aromatic carbocycles. The third kappa shape index (κ3) is 4.32. The Kier molecular flexibility index (Phi) is 5.75. The van der Waals surface area contributed by atoms with E-state index in [9.17, 15) is 14.4 Å². The first-order chi connectivity index (χ1) is 11.6. The van der Waals surface area contributed by atoms with Crippen molar-refractivity contribution in [2.24, 2.45) is 17.8 Å². The lowest BCUT2D eigenvalue weighted by Crippen LogP contribution is -2.53. The molecule has 1 aliphatic carbocycles. The van der Waals surface area contributed by atoms with E-state index in [1.54, 1.807) is 0 Å². The molecule has 2 rings (SSSR count). The Bertz CT molecular complexity index is 564. The minimum atomic E-state index is -1.47. The Labute approximate surface area is 147 Å². The Balaban J connectivity index is 2.28. The van der Waals surface area contributed by atoms with E-state index in [0.29, 0.717) is 12.3 Å². The molecular weight excluding hydrogens is 328 g/mol. The van der Waals surface area contributed by atoms with Gasteiger partial charge in [0, 0.05) is 26.2 Å². The topological polar surface area (TPSA) is 88.1 Å². The zero-order chi connectivity index (χ0) is 18.8. The zero-order valence-corrected chi connectivity index (χ0v) is 15.4. The van der Waals surface area contributed by atoms with Crippen LogP contribution in [-0.4, -0.2) is 30.0 Å². The van der Waals surface area contributed by atoms with Crippen molar-refractivity contribution in [1.82, 2.24) is 0 Å². The van der Waals surface area contributed by atoms with Gasteiger partial charge in [-0.25, -0.2) is 4.79 Å². The van der Waals surface area contributed by atoms with E-state index in [0.717, 1.165) is 26.7 Å². The minimum Gasteiger partial charge on any atom is -0.459 e. The number of hydrogen-bond acceptors (Lipinski definition) is 7. The van der Waals surface area contributed by atoms with Gasteiger partial charge in [0.2, 0.25) is 0 Å². The molecule has 0 saturated heterocycles. The molecule has 0 amide bonds. The summed E-state index contributed by atoms with van der Waals surface area (Å²) in [7, 11) is 0. The third-order valence-corrected chi connectivity index (χ3v) is 4.66. The molecule has 1 spiro atoms. The van der Waals surface area contributed by atoms with Gasteiger partial charge in [-0.05, 0) is 24.7 Å². The van der Waals surface area contributed by atoms with Crippen molar-refractivity contribution in [2.75, 3.05) is 0 Å². The lowest BCUT2D eigenvalue weighted by molar-refractivity contribution is -0.266. The maximum atomic E-state index is 12.6. The number of esters is 3. The Morgan fingerprint density at radius 2 is 1.80 bits per heavy atom.